The molecule has 0 amide bonds. The van der Waals surface area contributed by atoms with Crippen LogP contribution in [0, 0.1) is 18.3 Å². The molecule has 274 valence electrons. The summed E-state index contributed by atoms with van der Waals surface area (Å²) >= 11 is 6.97. The fraction of sp³-hybridized carbons (Fsp3) is 0.349. The third-order valence-corrected chi connectivity index (χ3v) is 11.0. The van der Waals surface area contributed by atoms with Crippen molar-refractivity contribution in [2.24, 2.45) is 0 Å². The van der Waals surface area contributed by atoms with Gasteiger partial charge in [0.05, 0.1) is 40.7 Å². The number of anilines is 2. The SMILES string of the molecule is Cc1cc(-c2ccc(CN3CCN(CCO)CC3)cc2)cc(Cl)c1Nc1c(C#N)cnc2cc(-c3ccc(CN4CCN(CCO)CC4)cc3)ccc12. The number of pyridine rings is 1. The number of aromatic nitrogens is 1. The Balaban J connectivity index is 1.04. The summed E-state index contributed by atoms with van der Waals surface area (Å²) in [5.41, 5.74) is 10.6. The summed E-state index contributed by atoms with van der Waals surface area (Å²) in [7, 11) is 0. The second-order valence-corrected chi connectivity index (χ2v) is 14.6. The van der Waals surface area contributed by atoms with Crippen LogP contribution in [0.4, 0.5) is 11.4 Å². The second-order valence-electron chi connectivity index (χ2n) is 14.2. The van der Waals surface area contributed by atoms with Gasteiger partial charge in [-0.3, -0.25) is 24.6 Å². The highest BCUT2D eigenvalue weighted by atomic mass is 35.5. The number of fused-ring (bicyclic) bond motifs is 1. The molecule has 5 aromatic rings. The number of aryl methyl sites for hydroxylation is 1. The Bertz CT molecular complexity index is 2030. The molecular formula is C43H48ClN7O2. The Morgan fingerprint density at radius 2 is 1.17 bits per heavy atom. The highest BCUT2D eigenvalue weighted by Gasteiger charge is 2.19. The molecule has 10 heteroatoms. The largest absolute Gasteiger partial charge is 0.395 e. The first-order chi connectivity index (χ1) is 25.9. The van der Waals surface area contributed by atoms with Crippen LogP contribution in [0.25, 0.3) is 33.2 Å². The standard InChI is InChI=1S/C43H48ClN7O2/c1-31-24-37(35-8-4-33(5-9-35)30-51-18-14-49(15-19-51)21-23-53)25-40(44)42(31)47-43-38(27-45)28-46-41-26-36(10-11-39(41)43)34-6-2-32(3-7-34)29-50-16-12-48(13-17-50)20-22-52/h2-11,24-26,28,52-53H,12-23,29-30H2,1H3,(H,46,47). The van der Waals surface area contributed by atoms with Gasteiger partial charge in [0.25, 0.3) is 0 Å². The maximum atomic E-state index is 10.1. The van der Waals surface area contributed by atoms with Gasteiger partial charge in [-0.05, 0) is 64.1 Å². The van der Waals surface area contributed by atoms with Gasteiger partial charge in [-0.1, -0.05) is 72.3 Å². The molecule has 0 aliphatic carbocycles. The first-order valence-electron chi connectivity index (χ1n) is 18.6. The van der Waals surface area contributed by atoms with Gasteiger partial charge in [-0.2, -0.15) is 5.26 Å². The summed E-state index contributed by atoms with van der Waals surface area (Å²) in [6, 6.07) is 30.1. The number of hydrogen-bond acceptors (Lipinski definition) is 9. The Kier molecular flexibility index (Phi) is 12.0. The lowest BCUT2D eigenvalue weighted by atomic mass is 9.99. The molecule has 0 bridgehead atoms. The fourth-order valence-electron chi connectivity index (χ4n) is 7.53. The summed E-state index contributed by atoms with van der Waals surface area (Å²) < 4.78 is 0. The molecule has 0 atom stereocenters. The summed E-state index contributed by atoms with van der Waals surface area (Å²) in [6.07, 6.45) is 1.63. The van der Waals surface area contributed by atoms with E-state index in [1.165, 1.54) is 11.1 Å². The van der Waals surface area contributed by atoms with Crippen molar-refractivity contribution in [2.75, 3.05) is 84.0 Å². The minimum atomic E-state index is 0.217. The van der Waals surface area contributed by atoms with Gasteiger partial charge in [-0.25, -0.2) is 0 Å². The average Bonchev–Trinajstić information content (AvgIpc) is 3.18. The molecule has 53 heavy (non-hydrogen) atoms. The van der Waals surface area contributed by atoms with Gasteiger partial charge in [0.1, 0.15) is 6.07 Å². The number of benzene rings is 4. The van der Waals surface area contributed by atoms with E-state index in [0.29, 0.717) is 16.3 Å². The number of β-amino-alcohol motifs (C(OH)–C–C–N with tert-alkyl or cyclic N) is 2. The average molecular weight is 730 g/mol. The number of aliphatic hydroxyl groups excluding tert-OH is 2. The molecule has 2 saturated heterocycles. The molecule has 3 N–H and O–H groups in total. The summed E-state index contributed by atoms with van der Waals surface area (Å²) in [4.78, 5) is 14.2. The van der Waals surface area contributed by atoms with Crippen LogP contribution in [0.1, 0.15) is 22.3 Å². The van der Waals surface area contributed by atoms with E-state index in [1.54, 1.807) is 6.20 Å². The summed E-state index contributed by atoms with van der Waals surface area (Å²) in [5.74, 6) is 0. The number of hydrogen-bond donors (Lipinski definition) is 3. The van der Waals surface area contributed by atoms with Crippen molar-refractivity contribution in [1.82, 2.24) is 24.6 Å². The minimum absolute atomic E-state index is 0.217. The number of halogens is 1. The number of nitrogens with one attached hydrogen (secondary N) is 1. The van der Waals surface area contributed by atoms with Crippen LogP contribution in [0.15, 0.2) is 85.1 Å². The predicted molar refractivity (Wildman–Crippen MR) is 214 cm³/mol. The van der Waals surface area contributed by atoms with E-state index in [-0.39, 0.29) is 13.2 Å². The van der Waals surface area contributed by atoms with Crippen molar-refractivity contribution in [3.63, 3.8) is 0 Å². The van der Waals surface area contributed by atoms with Crippen LogP contribution in [0.3, 0.4) is 0 Å². The lowest BCUT2D eigenvalue weighted by molar-refractivity contribution is 0.108. The number of rotatable bonds is 12. The van der Waals surface area contributed by atoms with Gasteiger partial charge in [-0.15, -0.1) is 0 Å². The third kappa shape index (κ3) is 8.89. The molecule has 1 aromatic heterocycles. The van der Waals surface area contributed by atoms with Crippen LogP contribution < -0.4 is 5.32 Å². The molecule has 2 aliphatic heterocycles. The maximum Gasteiger partial charge on any atom is 0.103 e. The van der Waals surface area contributed by atoms with Gasteiger partial charge in [0.15, 0.2) is 0 Å². The van der Waals surface area contributed by atoms with Crippen LogP contribution in [-0.2, 0) is 13.1 Å². The van der Waals surface area contributed by atoms with Crippen molar-refractivity contribution >= 4 is 33.9 Å². The maximum absolute atomic E-state index is 10.1. The summed E-state index contributed by atoms with van der Waals surface area (Å²) in [6.45, 7) is 13.8. The zero-order chi connectivity index (χ0) is 36.7. The van der Waals surface area contributed by atoms with Gasteiger partial charge >= 0.3 is 0 Å². The molecule has 0 saturated carbocycles. The van der Waals surface area contributed by atoms with E-state index in [1.807, 2.05) is 19.1 Å². The number of nitriles is 1. The van der Waals surface area contributed by atoms with E-state index in [2.05, 4.69) is 103 Å². The van der Waals surface area contributed by atoms with Crippen LogP contribution in [0.2, 0.25) is 5.02 Å². The third-order valence-electron chi connectivity index (χ3n) is 10.7. The number of aliphatic hydroxyl groups is 2. The van der Waals surface area contributed by atoms with E-state index in [4.69, 9.17) is 11.6 Å². The highest BCUT2D eigenvalue weighted by molar-refractivity contribution is 6.34. The predicted octanol–water partition coefficient (Wildman–Crippen LogP) is 6.37. The van der Waals surface area contributed by atoms with Gasteiger partial charge < -0.3 is 15.5 Å². The monoisotopic (exact) mass is 729 g/mol. The van der Waals surface area contributed by atoms with Crippen LogP contribution in [0.5, 0.6) is 0 Å². The molecule has 4 aromatic carbocycles. The van der Waals surface area contributed by atoms with Gasteiger partial charge in [0, 0.05) is 90.1 Å². The van der Waals surface area contributed by atoms with Crippen LogP contribution in [-0.4, -0.2) is 113 Å². The lowest BCUT2D eigenvalue weighted by Crippen LogP contribution is -2.46. The van der Waals surface area contributed by atoms with Crippen LogP contribution >= 0.6 is 11.6 Å². The van der Waals surface area contributed by atoms with E-state index < -0.39 is 0 Å². The first-order valence-corrected chi connectivity index (χ1v) is 19.0. The molecule has 2 fully saturated rings. The quantitative estimate of drug-likeness (QED) is 0.135. The zero-order valence-corrected chi connectivity index (χ0v) is 31.2. The molecule has 7 rings (SSSR count). The molecule has 0 radical (unpaired) electrons. The zero-order valence-electron chi connectivity index (χ0n) is 30.4. The van der Waals surface area contributed by atoms with Crippen molar-refractivity contribution in [3.05, 3.63) is 112 Å². The topological polar surface area (TPSA) is 102 Å². The Morgan fingerprint density at radius 3 is 1.68 bits per heavy atom. The highest BCUT2D eigenvalue weighted by Crippen LogP contribution is 2.38. The number of piperazine rings is 2. The second kappa shape index (κ2) is 17.2. The van der Waals surface area contributed by atoms with Gasteiger partial charge in [0.2, 0.25) is 0 Å². The van der Waals surface area contributed by atoms with E-state index >= 15 is 0 Å². The molecule has 2 aliphatic rings. The minimum Gasteiger partial charge on any atom is -0.395 e. The van der Waals surface area contributed by atoms with E-state index in [0.717, 1.165) is 123 Å². The van der Waals surface area contributed by atoms with Crippen molar-refractivity contribution in [2.45, 2.75) is 20.0 Å². The number of nitrogens with zero attached hydrogens (tertiary/aromatic N) is 6. The van der Waals surface area contributed by atoms with Crippen molar-refractivity contribution in [1.29, 1.82) is 5.26 Å². The molecule has 0 unspecified atom stereocenters. The fourth-order valence-corrected chi connectivity index (χ4v) is 7.85. The molecule has 3 heterocycles. The smallest absolute Gasteiger partial charge is 0.103 e. The lowest BCUT2D eigenvalue weighted by Gasteiger charge is -2.34. The van der Waals surface area contributed by atoms with Crippen molar-refractivity contribution in [3.8, 4) is 28.3 Å². The summed E-state index contributed by atoms with van der Waals surface area (Å²) in [5, 5.41) is 33.5. The molecule has 0 spiro atoms. The Labute approximate surface area is 317 Å². The first kappa shape index (κ1) is 37.0. The molecular weight excluding hydrogens is 682 g/mol. The van der Waals surface area contributed by atoms with Crippen molar-refractivity contribution < 1.29 is 10.2 Å². The Hall–Kier alpha value is -4.37. The normalized spacial score (nSPS) is 16.2. The molecule has 9 nitrogen and oxygen atoms in total. The Morgan fingerprint density at radius 1 is 0.660 bits per heavy atom. The van der Waals surface area contributed by atoms with E-state index in [9.17, 15) is 15.5 Å².